The van der Waals surface area contributed by atoms with Crippen LogP contribution in [-0.4, -0.2) is 7.11 Å². The van der Waals surface area contributed by atoms with E-state index in [1.807, 2.05) is 24.3 Å². The zero-order chi connectivity index (χ0) is 14.5. The molecule has 0 saturated heterocycles. The van der Waals surface area contributed by atoms with Crippen LogP contribution in [0.4, 0.5) is 14.5 Å². The first-order chi connectivity index (χ1) is 9.60. The van der Waals surface area contributed by atoms with Gasteiger partial charge < -0.3 is 10.1 Å². The molecule has 106 valence electrons. The summed E-state index contributed by atoms with van der Waals surface area (Å²) in [6.07, 6.45) is 0. The van der Waals surface area contributed by atoms with Gasteiger partial charge >= 0.3 is 0 Å². The Morgan fingerprint density at radius 2 is 1.60 bits per heavy atom. The highest BCUT2D eigenvalue weighted by molar-refractivity contribution is 9.10. The van der Waals surface area contributed by atoms with E-state index in [9.17, 15) is 8.78 Å². The van der Waals surface area contributed by atoms with Crippen LogP contribution >= 0.6 is 15.9 Å². The first-order valence-electron chi connectivity index (χ1n) is 6.05. The van der Waals surface area contributed by atoms with Crippen LogP contribution in [-0.2, 0) is 17.9 Å². The predicted octanol–water partition coefficient (Wildman–Crippen LogP) is 4.49. The Labute approximate surface area is 124 Å². The third-order valence-corrected chi connectivity index (χ3v) is 3.27. The molecule has 20 heavy (non-hydrogen) atoms. The Hall–Kier alpha value is -1.46. The molecule has 0 spiro atoms. The third-order valence-electron chi connectivity index (χ3n) is 2.81. The molecular weight excluding hydrogens is 328 g/mol. The fourth-order valence-electron chi connectivity index (χ4n) is 1.82. The van der Waals surface area contributed by atoms with Gasteiger partial charge in [-0.1, -0.05) is 40.2 Å². The topological polar surface area (TPSA) is 21.3 Å². The molecule has 0 fully saturated rings. The Kier molecular flexibility index (Phi) is 5.09. The molecule has 0 bridgehead atoms. The molecule has 0 unspecified atom stereocenters. The fraction of sp³-hybridized carbons (Fsp3) is 0.200. The number of rotatable bonds is 5. The average Bonchev–Trinajstić information content (AvgIpc) is 2.39. The Morgan fingerprint density at radius 1 is 1.05 bits per heavy atom. The van der Waals surface area contributed by atoms with Crippen LogP contribution in [0.3, 0.4) is 0 Å². The summed E-state index contributed by atoms with van der Waals surface area (Å²) in [5, 5.41) is 2.77. The van der Waals surface area contributed by atoms with Gasteiger partial charge in [0.25, 0.3) is 0 Å². The van der Waals surface area contributed by atoms with E-state index in [1.54, 1.807) is 7.11 Å². The molecule has 2 aromatic rings. The van der Waals surface area contributed by atoms with E-state index in [0.717, 1.165) is 11.1 Å². The van der Waals surface area contributed by atoms with Crippen molar-refractivity contribution in [3.8, 4) is 0 Å². The zero-order valence-electron chi connectivity index (χ0n) is 10.9. The van der Waals surface area contributed by atoms with Crippen molar-refractivity contribution in [2.24, 2.45) is 0 Å². The van der Waals surface area contributed by atoms with Crippen LogP contribution < -0.4 is 5.32 Å². The number of methoxy groups -OCH3 is 1. The summed E-state index contributed by atoms with van der Waals surface area (Å²) in [5.41, 5.74) is 1.87. The van der Waals surface area contributed by atoms with Crippen molar-refractivity contribution in [2.45, 2.75) is 13.2 Å². The van der Waals surface area contributed by atoms with Crippen molar-refractivity contribution in [3.05, 3.63) is 63.6 Å². The van der Waals surface area contributed by atoms with Crippen molar-refractivity contribution >= 4 is 21.6 Å². The van der Waals surface area contributed by atoms with Crippen LogP contribution in [0.25, 0.3) is 0 Å². The van der Waals surface area contributed by atoms with Crippen molar-refractivity contribution in [1.82, 2.24) is 0 Å². The van der Waals surface area contributed by atoms with E-state index in [-0.39, 0.29) is 5.69 Å². The number of ether oxygens (including phenoxy) is 1. The van der Waals surface area contributed by atoms with Gasteiger partial charge in [0.1, 0.15) is 17.3 Å². The van der Waals surface area contributed by atoms with Crippen LogP contribution in [0.5, 0.6) is 0 Å². The third kappa shape index (κ3) is 3.77. The Morgan fingerprint density at radius 3 is 2.15 bits per heavy atom. The quantitative estimate of drug-likeness (QED) is 0.865. The SMILES string of the molecule is COCc1ccc(CNc2c(F)cc(Br)cc2F)cc1. The second kappa shape index (κ2) is 6.81. The maximum absolute atomic E-state index is 13.6. The summed E-state index contributed by atoms with van der Waals surface area (Å²) < 4.78 is 32.7. The molecule has 0 aliphatic rings. The van der Waals surface area contributed by atoms with E-state index >= 15 is 0 Å². The second-order valence-electron chi connectivity index (χ2n) is 4.35. The lowest BCUT2D eigenvalue weighted by atomic mass is 10.1. The smallest absolute Gasteiger partial charge is 0.150 e. The molecule has 2 rings (SSSR count). The summed E-state index contributed by atoms with van der Waals surface area (Å²) >= 11 is 3.05. The highest BCUT2D eigenvalue weighted by Crippen LogP contribution is 2.24. The standard InChI is InChI=1S/C15H14BrF2NO/c1-20-9-11-4-2-10(3-5-11)8-19-15-13(17)6-12(16)7-14(15)18/h2-7,19H,8-9H2,1H3. The molecule has 1 N–H and O–H groups in total. The van der Waals surface area contributed by atoms with Crippen molar-refractivity contribution < 1.29 is 13.5 Å². The van der Waals surface area contributed by atoms with Crippen LogP contribution in [0.2, 0.25) is 0 Å². The van der Waals surface area contributed by atoms with E-state index in [4.69, 9.17) is 4.74 Å². The van der Waals surface area contributed by atoms with E-state index in [2.05, 4.69) is 21.2 Å². The predicted molar refractivity (Wildman–Crippen MR) is 78.5 cm³/mol. The Bertz CT molecular complexity index is 564. The second-order valence-corrected chi connectivity index (χ2v) is 5.26. The fourth-order valence-corrected chi connectivity index (χ4v) is 2.22. The normalized spacial score (nSPS) is 10.6. The maximum atomic E-state index is 13.6. The van der Waals surface area contributed by atoms with Crippen LogP contribution in [0.15, 0.2) is 40.9 Å². The molecule has 0 aliphatic carbocycles. The van der Waals surface area contributed by atoms with Gasteiger partial charge in [-0.05, 0) is 23.3 Å². The summed E-state index contributed by atoms with van der Waals surface area (Å²) in [5.74, 6) is -1.24. The lowest BCUT2D eigenvalue weighted by molar-refractivity contribution is 0.185. The summed E-state index contributed by atoms with van der Waals surface area (Å²) in [6.45, 7) is 0.895. The summed E-state index contributed by atoms with van der Waals surface area (Å²) in [4.78, 5) is 0. The molecular formula is C15H14BrF2NO. The number of benzene rings is 2. The lowest BCUT2D eigenvalue weighted by Crippen LogP contribution is -2.04. The molecule has 0 amide bonds. The van der Waals surface area contributed by atoms with Gasteiger partial charge in [-0.25, -0.2) is 8.78 Å². The van der Waals surface area contributed by atoms with E-state index in [1.165, 1.54) is 12.1 Å². The van der Waals surface area contributed by atoms with Crippen molar-refractivity contribution in [1.29, 1.82) is 0 Å². The molecule has 0 atom stereocenters. The van der Waals surface area contributed by atoms with Gasteiger partial charge in [0.15, 0.2) is 0 Å². The molecule has 0 aliphatic heterocycles. The van der Waals surface area contributed by atoms with Crippen LogP contribution in [0, 0.1) is 11.6 Å². The number of nitrogens with one attached hydrogen (secondary N) is 1. The van der Waals surface area contributed by atoms with Gasteiger partial charge in [-0.15, -0.1) is 0 Å². The summed E-state index contributed by atoms with van der Waals surface area (Å²) in [6, 6.07) is 10.1. The molecule has 0 saturated carbocycles. The Balaban J connectivity index is 2.05. The monoisotopic (exact) mass is 341 g/mol. The first kappa shape index (κ1) is 14.9. The minimum atomic E-state index is -0.618. The first-order valence-corrected chi connectivity index (χ1v) is 6.84. The van der Waals surface area contributed by atoms with Crippen LogP contribution in [0.1, 0.15) is 11.1 Å². The lowest BCUT2D eigenvalue weighted by Gasteiger charge is -2.10. The van der Waals surface area contributed by atoms with E-state index in [0.29, 0.717) is 17.6 Å². The van der Waals surface area contributed by atoms with Gasteiger partial charge in [0.2, 0.25) is 0 Å². The van der Waals surface area contributed by atoms with Crippen molar-refractivity contribution in [2.75, 3.05) is 12.4 Å². The van der Waals surface area contributed by atoms with Gasteiger partial charge in [0, 0.05) is 18.1 Å². The van der Waals surface area contributed by atoms with Gasteiger partial charge in [-0.2, -0.15) is 0 Å². The zero-order valence-corrected chi connectivity index (χ0v) is 12.5. The minimum Gasteiger partial charge on any atom is -0.380 e. The maximum Gasteiger partial charge on any atom is 0.150 e. The summed E-state index contributed by atoms with van der Waals surface area (Å²) in [7, 11) is 1.63. The van der Waals surface area contributed by atoms with Gasteiger partial charge in [-0.3, -0.25) is 0 Å². The largest absolute Gasteiger partial charge is 0.380 e. The molecule has 2 nitrogen and oxygen atoms in total. The number of halogens is 3. The number of anilines is 1. The highest BCUT2D eigenvalue weighted by atomic mass is 79.9. The molecule has 0 radical (unpaired) electrons. The molecule has 2 aromatic carbocycles. The highest BCUT2D eigenvalue weighted by Gasteiger charge is 2.09. The minimum absolute atomic E-state index is 0.117. The van der Waals surface area contributed by atoms with Crippen molar-refractivity contribution in [3.63, 3.8) is 0 Å². The number of hydrogen-bond donors (Lipinski definition) is 1. The van der Waals surface area contributed by atoms with E-state index < -0.39 is 11.6 Å². The molecule has 0 heterocycles. The van der Waals surface area contributed by atoms with Gasteiger partial charge in [0.05, 0.1) is 6.61 Å². The molecule has 0 aromatic heterocycles. The number of hydrogen-bond acceptors (Lipinski definition) is 2. The molecule has 5 heteroatoms. The average molecular weight is 342 g/mol.